The van der Waals surface area contributed by atoms with E-state index in [4.69, 9.17) is 5.73 Å². The summed E-state index contributed by atoms with van der Waals surface area (Å²) in [7, 11) is 0. The Morgan fingerprint density at radius 1 is 1.10 bits per heavy atom. The number of aryl methyl sites for hydroxylation is 2. The maximum Gasteiger partial charge on any atom is 0.250 e. The Kier molecular flexibility index (Phi) is 3.69. The van der Waals surface area contributed by atoms with Gasteiger partial charge in [0.1, 0.15) is 5.52 Å². The molecular formula is C17H17N3O. The molecule has 0 bridgehead atoms. The largest absolute Gasteiger partial charge is 0.366 e. The third kappa shape index (κ3) is 2.79. The van der Waals surface area contributed by atoms with Crippen LogP contribution in [0.4, 0.5) is 0 Å². The van der Waals surface area contributed by atoms with E-state index in [2.05, 4.69) is 33.8 Å². The third-order valence-corrected chi connectivity index (χ3v) is 3.62. The molecule has 1 heterocycles. The number of amides is 1. The average Bonchev–Trinajstić information content (AvgIpc) is 2.91. The van der Waals surface area contributed by atoms with Crippen molar-refractivity contribution in [1.29, 1.82) is 0 Å². The van der Waals surface area contributed by atoms with Crippen LogP contribution in [0.15, 0.2) is 54.9 Å². The van der Waals surface area contributed by atoms with Crippen molar-refractivity contribution in [3.05, 3.63) is 66.0 Å². The van der Waals surface area contributed by atoms with Gasteiger partial charge in [0.2, 0.25) is 0 Å². The van der Waals surface area contributed by atoms with E-state index in [-0.39, 0.29) is 0 Å². The van der Waals surface area contributed by atoms with Gasteiger partial charge in [0.15, 0.2) is 0 Å². The van der Waals surface area contributed by atoms with Gasteiger partial charge < -0.3 is 10.3 Å². The zero-order valence-electron chi connectivity index (χ0n) is 11.7. The molecule has 0 aliphatic rings. The molecule has 2 N–H and O–H groups in total. The zero-order chi connectivity index (χ0) is 14.7. The Morgan fingerprint density at radius 3 is 2.67 bits per heavy atom. The number of nitrogens with zero attached hydrogens (tertiary/aromatic N) is 2. The molecule has 0 saturated carbocycles. The zero-order valence-corrected chi connectivity index (χ0v) is 11.7. The second-order valence-corrected chi connectivity index (χ2v) is 5.06. The number of nitrogens with two attached hydrogens (primary N) is 1. The third-order valence-electron chi connectivity index (χ3n) is 3.62. The lowest BCUT2D eigenvalue weighted by Crippen LogP contribution is -2.11. The van der Waals surface area contributed by atoms with Crippen LogP contribution in [-0.4, -0.2) is 15.5 Å². The van der Waals surface area contributed by atoms with E-state index in [0.717, 1.165) is 24.9 Å². The Labute approximate surface area is 123 Å². The molecule has 1 aromatic heterocycles. The van der Waals surface area contributed by atoms with E-state index in [1.807, 2.05) is 18.2 Å². The predicted molar refractivity (Wildman–Crippen MR) is 83.0 cm³/mol. The number of aromatic nitrogens is 2. The molecule has 4 nitrogen and oxygen atoms in total. The first-order valence-electron chi connectivity index (χ1n) is 7.03. The molecule has 21 heavy (non-hydrogen) atoms. The highest BCUT2D eigenvalue weighted by atomic mass is 16.1. The summed E-state index contributed by atoms with van der Waals surface area (Å²) >= 11 is 0. The van der Waals surface area contributed by atoms with Crippen LogP contribution in [0, 0.1) is 0 Å². The van der Waals surface area contributed by atoms with Crippen LogP contribution in [0.5, 0.6) is 0 Å². The fraction of sp³-hybridized carbons (Fsp3) is 0.176. The van der Waals surface area contributed by atoms with Crippen LogP contribution in [0.1, 0.15) is 22.3 Å². The van der Waals surface area contributed by atoms with Crippen molar-refractivity contribution in [2.75, 3.05) is 0 Å². The normalized spacial score (nSPS) is 10.9. The number of rotatable bonds is 5. The molecule has 0 radical (unpaired) electrons. The molecule has 0 aliphatic carbocycles. The van der Waals surface area contributed by atoms with Crippen molar-refractivity contribution in [2.45, 2.75) is 19.4 Å². The van der Waals surface area contributed by atoms with Crippen LogP contribution in [0.25, 0.3) is 11.0 Å². The van der Waals surface area contributed by atoms with E-state index >= 15 is 0 Å². The van der Waals surface area contributed by atoms with Crippen molar-refractivity contribution in [2.24, 2.45) is 5.73 Å². The van der Waals surface area contributed by atoms with Crippen molar-refractivity contribution in [1.82, 2.24) is 9.55 Å². The summed E-state index contributed by atoms with van der Waals surface area (Å²) < 4.78 is 2.07. The maximum absolute atomic E-state index is 11.4. The molecule has 0 saturated heterocycles. The van der Waals surface area contributed by atoms with Crippen LogP contribution in [0.3, 0.4) is 0 Å². The highest BCUT2D eigenvalue weighted by Gasteiger charge is 2.10. The standard InChI is InChI=1S/C17H17N3O/c18-17(21)14-9-4-10-15-16(14)19-12-20(15)11-5-8-13-6-2-1-3-7-13/h1-4,6-7,9-10,12H,5,8,11H2,(H2,18,21). The minimum Gasteiger partial charge on any atom is -0.366 e. The highest BCUT2D eigenvalue weighted by molar-refractivity contribution is 6.04. The predicted octanol–water partition coefficient (Wildman–Crippen LogP) is 2.77. The van der Waals surface area contributed by atoms with Crippen molar-refractivity contribution in [3.63, 3.8) is 0 Å². The topological polar surface area (TPSA) is 60.9 Å². The first kappa shape index (κ1) is 13.4. The molecule has 3 rings (SSSR count). The van der Waals surface area contributed by atoms with E-state index in [9.17, 15) is 4.79 Å². The second kappa shape index (κ2) is 5.79. The minimum atomic E-state index is -0.435. The lowest BCUT2D eigenvalue weighted by Gasteiger charge is -2.05. The molecule has 1 amide bonds. The fourth-order valence-electron chi connectivity index (χ4n) is 2.56. The van der Waals surface area contributed by atoms with Crippen molar-refractivity contribution < 1.29 is 4.79 Å². The minimum absolute atomic E-state index is 0.435. The van der Waals surface area contributed by atoms with Crippen molar-refractivity contribution in [3.8, 4) is 0 Å². The Balaban J connectivity index is 1.76. The number of primary amides is 1. The van der Waals surface area contributed by atoms with Gasteiger partial charge in [0.25, 0.3) is 5.91 Å². The van der Waals surface area contributed by atoms with Gasteiger partial charge in [-0.1, -0.05) is 36.4 Å². The number of para-hydroxylation sites is 1. The summed E-state index contributed by atoms with van der Waals surface area (Å²) in [6.45, 7) is 0.869. The molecule has 4 heteroatoms. The van der Waals surface area contributed by atoms with Crippen LogP contribution in [-0.2, 0) is 13.0 Å². The molecule has 106 valence electrons. The summed E-state index contributed by atoms with van der Waals surface area (Å²) in [6, 6.07) is 15.9. The molecular weight excluding hydrogens is 262 g/mol. The molecule has 0 aliphatic heterocycles. The molecule has 0 atom stereocenters. The van der Waals surface area contributed by atoms with Crippen molar-refractivity contribution >= 4 is 16.9 Å². The van der Waals surface area contributed by atoms with Gasteiger partial charge in [-0.25, -0.2) is 4.98 Å². The summed E-state index contributed by atoms with van der Waals surface area (Å²) in [5.74, 6) is -0.435. The SMILES string of the molecule is NC(=O)c1cccc2c1ncn2CCCc1ccccc1. The van der Waals surface area contributed by atoms with E-state index < -0.39 is 5.91 Å². The van der Waals surface area contributed by atoms with Crippen LogP contribution in [0.2, 0.25) is 0 Å². The summed E-state index contributed by atoms with van der Waals surface area (Å²) in [4.78, 5) is 15.7. The molecule has 0 fully saturated rings. The van der Waals surface area contributed by atoms with E-state index in [1.54, 1.807) is 12.4 Å². The summed E-state index contributed by atoms with van der Waals surface area (Å²) in [6.07, 6.45) is 3.83. The number of benzene rings is 2. The number of hydrogen-bond donors (Lipinski definition) is 1. The quantitative estimate of drug-likeness (QED) is 0.780. The lowest BCUT2D eigenvalue weighted by atomic mass is 10.1. The van der Waals surface area contributed by atoms with Gasteiger partial charge in [-0.05, 0) is 30.5 Å². The molecule has 2 aromatic carbocycles. The average molecular weight is 279 g/mol. The maximum atomic E-state index is 11.4. The van der Waals surface area contributed by atoms with Gasteiger partial charge in [-0.15, -0.1) is 0 Å². The lowest BCUT2D eigenvalue weighted by molar-refractivity contribution is 0.100. The molecule has 3 aromatic rings. The van der Waals surface area contributed by atoms with Gasteiger partial charge in [0, 0.05) is 6.54 Å². The van der Waals surface area contributed by atoms with E-state index in [0.29, 0.717) is 11.1 Å². The van der Waals surface area contributed by atoms with Gasteiger partial charge in [0.05, 0.1) is 17.4 Å². The first-order valence-corrected chi connectivity index (χ1v) is 7.03. The smallest absolute Gasteiger partial charge is 0.250 e. The second-order valence-electron chi connectivity index (χ2n) is 5.06. The Morgan fingerprint density at radius 2 is 1.90 bits per heavy atom. The number of imidazole rings is 1. The molecule has 0 unspecified atom stereocenters. The molecule has 0 spiro atoms. The van der Waals surface area contributed by atoms with Gasteiger partial charge in [-0.3, -0.25) is 4.79 Å². The fourth-order valence-corrected chi connectivity index (χ4v) is 2.56. The van der Waals surface area contributed by atoms with Crippen LogP contribution >= 0.6 is 0 Å². The monoisotopic (exact) mass is 279 g/mol. The number of hydrogen-bond acceptors (Lipinski definition) is 2. The number of carbonyl (C=O) groups excluding carboxylic acids is 1. The van der Waals surface area contributed by atoms with Gasteiger partial charge >= 0.3 is 0 Å². The Bertz CT molecular complexity index is 762. The summed E-state index contributed by atoms with van der Waals surface area (Å²) in [5, 5.41) is 0. The Hall–Kier alpha value is -2.62. The van der Waals surface area contributed by atoms with Crippen LogP contribution < -0.4 is 5.73 Å². The number of carbonyl (C=O) groups is 1. The van der Waals surface area contributed by atoms with E-state index in [1.165, 1.54) is 5.56 Å². The van der Waals surface area contributed by atoms with Gasteiger partial charge in [-0.2, -0.15) is 0 Å². The summed E-state index contributed by atoms with van der Waals surface area (Å²) in [5.41, 5.74) is 8.83. The highest BCUT2D eigenvalue weighted by Crippen LogP contribution is 2.17. The first-order chi connectivity index (χ1) is 10.3. The number of fused-ring (bicyclic) bond motifs is 1.